The van der Waals surface area contributed by atoms with Crippen LogP contribution in [0.3, 0.4) is 0 Å². The summed E-state index contributed by atoms with van der Waals surface area (Å²) in [4.78, 5) is 32.9. The molecule has 31 heavy (non-hydrogen) atoms. The van der Waals surface area contributed by atoms with Crippen LogP contribution in [0.2, 0.25) is 0 Å². The highest BCUT2D eigenvalue weighted by atomic mass is 32.1. The van der Waals surface area contributed by atoms with Crippen LogP contribution >= 0.6 is 22.7 Å². The Bertz CT molecular complexity index is 1070. The lowest BCUT2D eigenvalue weighted by atomic mass is 10.1. The lowest BCUT2D eigenvalue weighted by Crippen LogP contribution is -2.23. The van der Waals surface area contributed by atoms with Crippen LogP contribution in [0.15, 0.2) is 35.7 Å². The molecular weight excluding hydrogens is 432 g/mol. The average Bonchev–Trinajstić information content (AvgIpc) is 3.34. The smallest absolute Gasteiger partial charge is 0.348 e. The molecule has 1 amide bonds. The van der Waals surface area contributed by atoms with Gasteiger partial charge in [-0.3, -0.25) is 9.69 Å². The SMILES string of the molecule is COc1ccccc1N(C(C)=O)c1nc(COC(=O)c2cc3c(s2)CCCCC3)cs1. The summed E-state index contributed by atoms with van der Waals surface area (Å²) in [5.74, 6) is 0.0848. The summed E-state index contributed by atoms with van der Waals surface area (Å²) in [5, 5.41) is 2.31. The molecule has 8 heteroatoms. The minimum Gasteiger partial charge on any atom is -0.495 e. The molecule has 1 aliphatic rings. The van der Waals surface area contributed by atoms with E-state index in [2.05, 4.69) is 4.98 Å². The van der Waals surface area contributed by atoms with Crippen molar-refractivity contribution in [3.05, 3.63) is 56.7 Å². The van der Waals surface area contributed by atoms with Crippen LogP contribution in [-0.2, 0) is 29.0 Å². The van der Waals surface area contributed by atoms with Gasteiger partial charge in [0, 0.05) is 17.2 Å². The number of amides is 1. The zero-order chi connectivity index (χ0) is 21.8. The van der Waals surface area contributed by atoms with Crippen molar-refractivity contribution in [2.45, 2.75) is 45.6 Å². The molecule has 162 valence electrons. The number of aryl methyl sites for hydroxylation is 2. The van der Waals surface area contributed by atoms with Gasteiger partial charge < -0.3 is 9.47 Å². The first kappa shape index (κ1) is 21.5. The molecule has 0 saturated heterocycles. The van der Waals surface area contributed by atoms with E-state index in [1.165, 1.54) is 52.9 Å². The molecule has 1 aliphatic carbocycles. The van der Waals surface area contributed by atoms with Gasteiger partial charge in [0.15, 0.2) is 5.13 Å². The van der Waals surface area contributed by atoms with Crippen LogP contribution in [0, 0.1) is 0 Å². The Labute approximate surface area is 189 Å². The van der Waals surface area contributed by atoms with Gasteiger partial charge >= 0.3 is 5.97 Å². The van der Waals surface area contributed by atoms with Gasteiger partial charge in [-0.15, -0.1) is 22.7 Å². The molecule has 2 aromatic heterocycles. The summed E-state index contributed by atoms with van der Waals surface area (Å²) < 4.78 is 10.9. The van der Waals surface area contributed by atoms with E-state index in [0.717, 1.165) is 12.8 Å². The quantitative estimate of drug-likeness (QED) is 0.361. The number of benzene rings is 1. The number of hydrogen-bond donors (Lipinski definition) is 0. The first-order valence-corrected chi connectivity index (χ1v) is 11.9. The van der Waals surface area contributed by atoms with E-state index >= 15 is 0 Å². The van der Waals surface area contributed by atoms with E-state index in [1.807, 2.05) is 24.3 Å². The Balaban J connectivity index is 1.46. The molecule has 3 aromatic rings. The molecule has 0 spiro atoms. The maximum absolute atomic E-state index is 12.6. The molecule has 0 fully saturated rings. The lowest BCUT2D eigenvalue weighted by molar-refractivity contribution is -0.115. The molecule has 0 atom stereocenters. The van der Waals surface area contributed by atoms with Crippen molar-refractivity contribution in [3.8, 4) is 5.75 Å². The average molecular weight is 457 g/mol. The summed E-state index contributed by atoms with van der Waals surface area (Å²) in [5.41, 5.74) is 2.52. The Hall–Kier alpha value is -2.71. The number of hydrogen-bond acceptors (Lipinski definition) is 7. The van der Waals surface area contributed by atoms with E-state index < -0.39 is 0 Å². The number of thiophene rings is 1. The van der Waals surface area contributed by atoms with Gasteiger partial charge in [0.25, 0.3) is 0 Å². The van der Waals surface area contributed by atoms with Gasteiger partial charge in [-0.05, 0) is 49.4 Å². The molecule has 0 N–H and O–H groups in total. The first-order chi connectivity index (χ1) is 15.1. The van der Waals surface area contributed by atoms with Crippen LogP contribution in [0.1, 0.15) is 52.0 Å². The molecule has 2 heterocycles. The Kier molecular flexibility index (Phi) is 6.67. The third-order valence-corrected chi connectivity index (χ3v) is 7.26. The Morgan fingerprint density at radius 1 is 1.16 bits per heavy atom. The fourth-order valence-electron chi connectivity index (χ4n) is 3.67. The molecule has 1 aromatic carbocycles. The predicted octanol–water partition coefficient (Wildman–Crippen LogP) is 5.52. The number of carbonyl (C=O) groups excluding carboxylic acids is 2. The second-order valence-corrected chi connectivity index (χ2v) is 9.32. The van der Waals surface area contributed by atoms with E-state index in [4.69, 9.17) is 9.47 Å². The van der Waals surface area contributed by atoms with Gasteiger partial charge in [0.1, 0.15) is 17.2 Å². The molecule has 0 unspecified atom stereocenters. The predicted molar refractivity (Wildman–Crippen MR) is 123 cm³/mol. The Morgan fingerprint density at radius 2 is 1.97 bits per heavy atom. The molecule has 0 bridgehead atoms. The third-order valence-electron chi connectivity index (χ3n) is 5.17. The zero-order valence-electron chi connectivity index (χ0n) is 17.6. The normalized spacial score (nSPS) is 13.2. The molecular formula is C23H24N2O4S2. The highest BCUT2D eigenvalue weighted by Crippen LogP contribution is 2.35. The second-order valence-electron chi connectivity index (χ2n) is 7.34. The molecule has 0 saturated carbocycles. The van der Waals surface area contributed by atoms with Crippen LogP contribution in [0.4, 0.5) is 10.8 Å². The van der Waals surface area contributed by atoms with Gasteiger partial charge in [0.2, 0.25) is 5.91 Å². The minimum atomic E-state index is -0.319. The summed E-state index contributed by atoms with van der Waals surface area (Å²) in [7, 11) is 1.56. The van der Waals surface area contributed by atoms with Crippen molar-refractivity contribution >= 4 is 45.4 Å². The monoisotopic (exact) mass is 456 g/mol. The van der Waals surface area contributed by atoms with Crippen molar-refractivity contribution in [1.29, 1.82) is 0 Å². The van der Waals surface area contributed by atoms with Crippen molar-refractivity contribution in [1.82, 2.24) is 4.98 Å². The molecule has 6 nitrogen and oxygen atoms in total. The molecule has 0 aliphatic heterocycles. The lowest BCUT2D eigenvalue weighted by Gasteiger charge is -2.20. The van der Waals surface area contributed by atoms with Crippen LogP contribution in [0.5, 0.6) is 5.75 Å². The van der Waals surface area contributed by atoms with E-state index in [0.29, 0.717) is 27.1 Å². The zero-order valence-corrected chi connectivity index (χ0v) is 19.2. The van der Waals surface area contributed by atoms with Crippen molar-refractivity contribution in [2.24, 2.45) is 0 Å². The van der Waals surface area contributed by atoms with Crippen molar-refractivity contribution in [3.63, 3.8) is 0 Å². The summed E-state index contributed by atoms with van der Waals surface area (Å²) in [6.45, 7) is 1.55. The highest BCUT2D eigenvalue weighted by Gasteiger charge is 2.22. The standard InChI is InChI=1S/C23H24N2O4S2/c1-15(26)25(18-9-6-7-10-19(18)28-2)23-24-17(14-30-23)13-29-22(27)21-12-16-8-4-3-5-11-20(16)31-21/h6-7,9-10,12,14H,3-5,8,11,13H2,1-2H3. The summed E-state index contributed by atoms with van der Waals surface area (Å²) >= 11 is 2.87. The number of rotatable bonds is 6. The fourth-order valence-corrected chi connectivity index (χ4v) is 5.68. The minimum absolute atomic E-state index is 0.0650. The van der Waals surface area contributed by atoms with Crippen LogP contribution < -0.4 is 9.64 Å². The molecule has 0 radical (unpaired) electrons. The van der Waals surface area contributed by atoms with Crippen molar-refractivity contribution in [2.75, 3.05) is 12.0 Å². The van der Waals surface area contributed by atoms with Gasteiger partial charge in [-0.2, -0.15) is 0 Å². The summed E-state index contributed by atoms with van der Waals surface area (Å²) in [6.07, 6.45) is 5.70. The van der Waals surface area contributed by atoms with Crippen molar-refractivity contribution < 1.29 is 19.1 Å². The number of anilines is 2. The fraction of sp³-hybridized carbons (Fsp3) is 0.348. The van der Waals surface area contributed by atoms with Crippen LogP contribution in [0.25, 0.3) is 0 Å². The number of carbonyl (C=O) groups is 2. The topological polar surface area (TPSA) is 68.7 Å². The van der Waals surface area contributed by atoms with E-state index in [9.17, 15) is 9.59 Å². The number of methoxy groups -OCH3 is 1. The van der Waals surface area contributed by atoms with Gasteiger partial charge in [0.05, 0.1) is 18.5 Å². The number of esters is 1. The number of nitrogens with zero attached hydrogens (tertiary/aromatic N) is 2. The Morgan fingerprint density at radius 3 is 2.77 bits per heavy atom. The van der Waals surface area contributed by atoms with E-state index in [-0.39, 0.29) is 18.5 Å². The number of para-hydroxylation sites is 2. The van der Waals surface area contributed by atoms with Gasteiger partial charge in [-0.25, -0.2) is 9.78 Å². The van der Waals surface area contributed by atoms with E-state index in [1.54, 1.807) is 29.9 Å². The number of thiazole rings is 1. The number of ether oxygens (including phenoxy) is 2. The maximum atomic E-state index is 12.6. The first-order valence-electron chi connectivity index (χ1n) is 10.2. The number of aromatic nitrogens is 1. The maximum Gasteiger partial charge on any atom is 0.348 e. The molecule has 4 rings (SSSR count). The largest absolute Gasteiger partial charge is 0.495 e. The second kappa shape index (κ2) is 9.62. The van der Waals surface area contributed by atoms with Crippen LogP contribution in [-0.4, -0.2) is 24.0 Å². The summed E-state index contributed by atoms with van der Waals surface area (Å²) in [6, 6.07) is 9.27. The third kappa shape index (κ3) is 4.80. The highest BCUT2D eigenvalue weighted by molar-refractivity contribution is 7.14. The van der Waals surface area contributed by atoms with Gasteiger partial charge in [-0.1, -0.05) is 18.6 Å². The number of fused-ring (bicyclic) bond motifs is 1.